The first kappa shape index (κ1) is 25.7. The van der Waals surface area contributed by atoms with Crippen LogP contribution in [0.15, 0.2) is 40.9 Å². The third-order valence-electron chi connectivity index (χ3n) is 5.53. The lowest BCUT2D eigenvalue weighted by Crippen LogP contribution is -2.47. The molecule has 7 heteroatoms. The van der Waals surface area contributed by atoms with Gasteiger partial charge in [0, 0.05) is 0 Å². The maximum atomic E-state index is 13.6. The molecule has 2 atom stereocenters. The van der Waals surface area contributed by atoms with Crippen LogP contribution in [0.3, 0.4) is 0 Å². The summed E-state index contributed by atoms with van der Waals surface area (Å²) >= 11 is 0. The lowest BCUT2D eigenvalue weighted by molar-refractivity contribution is -0.125. The van der Waals surface area contributed by atoms with Crippen molar-refractivity contribution in [3.63, 3.8) is 0 Å². The minimum atomic E-state index is -1.56. The topological polar surface area (TPSA) is 89.6 Å². The number of allylic oxidation sites excluding steroid dienone is 2. The molecule has 0 saturated heterocycles. The number of amides is 1. The van der Waals surface area contributed by atoms with Crippen LogP contribution < -0.4 is 11.1 Å². The summed E-state index contributed by atoms with van der Waals surface area (Å²) in [5, 5.41) is 2.78. The van der Waals surface area contributed by atoms with E-state index >= 15 is 0 Å². The Morgan fingerprint density at radius 1 is 1.39 bits per heavy atom. The second kappa shape index (κ2) is 10.4. The Morgan fingerprint density at radius 2 is 2.06 bits per heavy atom. The number of amidine groups is 1. The van der Waals surface area contributed by atoms with Crippen LogP contribution in [0.5, 0.6) is 0 Å². The van der Waals surface area contributed by atoms with Gasteiger partial charge in [0.05, 0.1) is 30.4 Å². The molecule has 1 aromatic rings. The molecule has 1 aliphatic carbocycles. The third kappa shape index (κ3) is 5.81. The van der Waals surface area contributed by atoms with Crippen LogP contribution in [0.4, 0.5) is 4.39 Å². The summed E-state index contributed by atoms with van der Waals surface area (Å²) in [6.45, 7) is 8.70. The number of terminal acetylenes is 2. The Labute approximate surface area is 195 Å². The number of nitrogens with zero attached hydrogens (tertiary/aromatic N) is 2. The highest BCUT2D eigenvalue weighted by Crippen LogP contribution is 2.41. The Balaban J connectivity index is 2.31. The van der Waals surface area contributed by atoms with Crippen molar-refractivity contribution in [3.05, 3.63) is 52.9 Å². The quantitative estimate of drug-likeness (QED) is 0.258. The Morgan fingerprint density at radius 3 is 2.58 bits per heavy atom. The Kier molecular flexibility index (Phi) is 8.06. The number of nitrogens with one attached hydrogen (secondary N) is 1. The maximum absolute atomic E-state index is 13.6. The standard InChI is InChI=1S/C26H31FN4O2/c1-8-13-33-26(7,10-3)22(17(4)5)31-23(28)25(6,9-2)24(32)30-16-21-20(18-11-12-18)14-19(27)15-29-21/h2-3,8,13-15,18H,11-12,16H2,1,4-7H3,(H2,28,31)(H,30,32)/b13-8-. The predicted molar refractivity (Wildman–Crippen MR) is 128 cm³/mol. The SMILES string of the molecule is C#CC(C)(O/C=C\C)C(/N=C(/N)C(C)(C#C)C(=O)NCc1ncc(F)cc1C1CC1)=C(C)C. The normalized spacial score (nSPS) is 17.3. The fraction of sp³-hybridized carbons (Fsp3) is 0.423. The monoisotopic (exact) mass is 450 g/mol. The van der Waals surface area contributed by atoms with Gasteiger partial charge in [-0.3, -0.25) is 9.78 Å². The predicted octanol–water partition coefficient (Wildman–Crippen LogP) is 3.95. The van der Waals surface area contributed by atoms with E-state index in [1.54, 1.807) is 19.9 Å². The average molecular weight is 451 g/mol. The van der Waals surface area contributed by atoms with Crippen LogP contribution in [0, 0.1) is 35.9 Å². The molecule has 2 rings (SSSR count). The number of rotatable bonds is 9. The zero-order valence-electron chi connectivity index (χ0n) is 19.8. The number of aromatic nitrogens is 1. The molecule has 33 heavy (non-hydrogen) atoms. The molecule has 0 spiro atoms. The highest BCUT2D eigenvalue weighted by Gasteiger charge is 2.38. The van der Waals surface area contributed by atoms with Crippen LogP contribution in [-0.4, -0.2) is 22.3 Å². The number of carbonyl (C=O) groups excluding carboxylic acids is 1. The second-order valence-corrected chi connectivity index (χ2v) is 8.53. The van der Waals surface area contributed by atoms with E-state index in [1.807, 2.05) is 13.8 Å². The molecule has 1 saturated carbocycles. The molecular formula is C26H31FN4O2. The minimum Gasteiger partial charge on any atom is -0.477 e. The van der Waals surface area contributed by atoms with Crippen molar-refractivity contribution in [2.75, 3.05) is 0 Å². The number of halogens is 1. The van der Waals surface area contributed by atoms with Crippen molar-refractivity contribution in [1.29, 1.82) is 0 Å². The summed E-state index contributed by atoms with van der Waals surface area (Å²) in [5.74, 6) is 4.29. The largest absolute Gasteiger partial charge is 0.477 e. The summed E-state index contributed by atoms with van der Waals surface area (Å²) in [6.07, 6.45) is 17.7. The molecule has 1 fully saturated rings. The summed E-state index contributed by atoms with van der Waals surface area (Å²) in [5.41, 5.74) is 6.04. The van der Waals surface area contributed by atoms with E-state index in [4.69, 9.17) is 23.3 Å². The molecule has 1 heterocycles. The van der Waals surface area contributed by atoms with E-state index in [-0.39, 0.29) is 18.3 Å². The molecule has 6 nitrogen and oxygen atoms in total. The molecule has 0 radical (unpaired) electrons. The summed E-state index contributed by atoms with van der Waals surface area (Å²) < 4.78 is 19.3. The van der Waals surface area contributed by atoms with Gasteiger partial charge in [0.1, 0.15) is 11.7 Å². The lowest BCUT2D eigenvalue weighted by atomic mass is 9.88. The van der Waals surface area contributed by atoms with Gasteiger partial charge in [-0.05, 0) is 70.6 Å². The number of hydrogen-bond donors (Lipinski definition) is 2. The average Bonchev–Trinajstić information content (AvgIpc) is 3.64. The van der Waals surface area contributed by atoms with Crippen LogP contribution >= 0.6 is 0 Å². The van der Waals surface area contributed by atoms with Gasteiger partial charge >= 0.3 is 0 Å². The van der Waals surface area contributed by atoms with Crippen LogP contribution in [0.25, 0.3) is 0 Å². The summed E-state index contributed by atoms with van der Waals surface area (Å²) in [7, 11) is 0. The summed E-state index contributed by atoms with van der Waals surface area (Å²) in [6, 6.07) is 1.47. The number of aliphatic imine (C=N–C) groups is 1. The van der Waals surface area contributed by atoms with Crippen LogP contribution in [0.1, 0.15) is 64.6 Å². The molecule has 3 N–H and O–H groups in total. The van der Waals surface area contributed by atoms with Crippen molar-refractivity contribution >= 4 is 11.7 Å². The van der Waals surface area contributed by atoms with Gasteiger partial charge in [0.2, 0.25) is 11.5 Å². The maximum Gasteiger partial charge on any atom is 0.246 e. The van der Waals surface area contributed by atoms with Gasteiger partial charge in [-0.1, -0.05) is 17.9 Å². The molecule has 0 bridgehead atoms. The van der Waals surface area contributed by atoms with Crippen molar-refractivity contribution in [3.8, 4) is 24.7 Å². The number of carbonyl (C=O) groups is 1. The number of nitrogens with two attached hydrogens (primary N) is 1. The Bertz CT molecular complexity index is 1080. The molecule has 174 valence electrons. The van der Waals surface area contributed by atoms with E-state index < -0.39 is 22.7 Å². The zero-order valence-corrected chi connectivity index (χ0v) is 19.8. The smallest absolute Gasteiger partial charge is 0.246 e. The molecule has 0 aromatic carbocycles. The first-order chi connectivity index (χ1) is 15.5. The third-order valence-corrected chi connectivity index (χ3v) is 5.53. The molecule has 0 aliphatic heterocycles. The van der Waals surface area contributed by atoms with Crippen molar-refractivity contribution in [1.82, 2.24) is 10.3 Å². The number of ether oxygens (including phenoxy) is 1. The van der Waals surface area contributed by atoms with E-state index in [0.717, 1.165) is 30.2 Å². The number of pyridine rings is 1. The fourth-order valence-electron chi connectivity index (χ4n) is 3.27. The van der Waals surface area contributed by atoms with Gasteiger partial charge in [-0.25, -0.2) is 9.38 Å². The summed E-state index contributed by atoms with van der Waals surface area (Å²) in [4.78, 5) is 21.7. The van der Waals surface area contributed by atoms with Gasteiger partial charge in [-0.15, -0.1) is 12.8 Å². The van der Waals surface area contributed by atoms with E-state index in [9.17, 15) is 9.18 Å². The first-order valence-corrected chi connectivity index (χ1v) is 10.7. The highest BCUT2D eigenvalue weighted by molar-refractivity contribution is 6.10. The van der Waals surface area contributed by atoms with Crippen molar-refractivity contribution < 1.29 is 13.9 Å². The highest BCUT2D eigenvalue weighted by atomic mass is 19.1. The first-order valence-electron chi connectivity index (χ1n) is 10.7. The van der Waals surface area contributed by atoms with Gasteiger partial charge in [-0.2, -0.15) is 0 Å². The lowest BCUT2D eigenvalue weighted by Gasteiger charge is -2.28. The van der Waals surface area contributed by atoms with Crippen molar-refractivity contribution in [2.24, 2.45) is 16.1 Å². The zero-order chi connectivity index (χ0) is 24.8. The molecule has 1 aromatic heterocycles. The minimum absolute atomic E-state index is 0.0947. The fourth-order valence-corrected chi connectivity index (χ4v) is 3.27. The second-order valence-electron chi connectivity index (χ2n) is 8.53. The van der Waals surface area contributed by atoms with Crippen LogP contribution in [-0.2, 0) is 16.1 Å². The van der Waals surface area contributed by atoms with Gasteiger partial charge in [0.15, 0.2) is 5.41 Å². The molecule has 1 amide bonds. The molecule has 2 unspecified atom stereocenters. The Hall–Kier alpha value is -3.58. The molecule has 1 aliphatic rings. The van der Waals surface area contributed by atoms with E-state index in [2.05, 4.69) is 27.1 Å². The van der Waals surface area contributed by atoms with Gasteiger partial charge < -0.3 is 15.8 Å². The van der Waals surface area contributed by atoms with E-state index in [0.29, 0.717) is 11.4 Å². The van der Waals surface area contributed by atoms with Gasteiger partial charge in [0.25, 0.3) is 0 Å². The van der Waals surface area contributed by atoms with Crippen LogP contribution in [0.2, 0.25) is 0 Å². The van der Waals surface area contributed by atoms with E-state index in [1.165, 1.54) is 19.3 Å². The number of hydrogen-bond acceptors (Lipinski definition) is 4. The molecular weight excluding hydrogens is 419 g/mol. The van der Waals surface area contributed by atoms with Crippen molar-refractivity contribution in [2.45, 2.75) is 65.5 Å².